The molecule has 2 rings (SSSR count). The molecule has 2 heterocycles. The van der Waals surface area contributed by atoms with Crippen molar-refractivity contribution < 1.29 is 23.8 Å². The fourth-order valence-corrected chi connectivity index (χ4v) is 3.82. The zero-order valence-corrected chi connectivity index (χ0v) is 17.1. The second-order valence-electron chi connectivity index (χ2n) is 8.11. The van der Waals surface area contributed by atoms with E-state index in [2.05, 4.69) is 5.32 Å². The molecule has 2 saturated heterocycles. The SMILES string of the molecule is C[C@H]1NC(=O)O[C@@H]1CCC(=O)CCCCCCCCCCC1(C)OCCO1. The highest BCUT2D eigenvalue weighted by Gasteiger charge is 2.30. The molecule has 2 atom stereocenters. The monoisotopic (exact) mass is 383 g/mol. The summed E-state index contributed by atoms with van der Waals surface area (Å²) in [5.74, 6) is -0.0458. The van der Waals surface area contributed by atoms with Crippen molar-refractivity contribution >= 4 is 11.9 Å². The molecule has 156 valence electrons. The van der Waals surface area contributed by atoms with E-state index in [0.717, 1.165) is 38.9 Å². The standard InChI is InChI=1S/C21H37NO5/c1-17-19(27-20(24)22-17)13-12-18(23)11-9-7-5-3-4-6-8-10-14-21(2)25-15-16-26-21/h17,19H,3-16H2,1-2H3,(H,22,24)/t17-,19-/m1/s1. The number of cyclic esters (lactones) is 1. The molecule has 0 spiro atoms. The number of Topliss-reactive ketones (excluding diaryl/α,β-unsaturated/α-hetero) is 1. The Morgan fingerprint density at radius 1 is 1.00 bits per heavy atom. The highest BCUT2D eigenvalue weighted by molar-refractivity contribution is 5.78. The summed E-state index contributed by atoms with van der Waals surface area (Å²) in [6, 6.07) is 0.00590. The maximum atomic E-state index is 11.9. The van der Waals surface area contributed by atoms with Gasteiger partial charge >= 0.3 is 6.09 Å². The Balaban J connectivity index is 1.35. The first-order chi connectivity index (χ1) is 13.0. The Morgan fingerprint density at radius 2 is 1.59 bits per heavy atom. The van der Waals surface area contributed by atoms with Crippen LogP contribution >= 0.6 is 0 Å². The second kappa shape index (κ2) is 11.6. The highest BCUT2D eigenvalue weighted by Crippen LogP contribution is 2.25. The maximum absolute atomic E-state index is 11.9. The summed E-state index contributed by atoms with van der Waals surface area (Å²) in [6.07, 6.45) is 11.8. The molecular formula is C21H37NO5. The van der Waals surface area contributed by atoms with Crippen LogP contribution in [0.25, 0.3) is 0 Å². The summed E-state index contributed by atoms with van der Waals surface area (Å²) >= 11 is 0. The summed E-state index contributed by atoms with van der Waals surface area (Å²) in [6.45, 7) is 5.41. The summed E-state index contributed by atoms with van der Waals surface area (Å²) < 4.78 is 16.4. The van der Waals surface area contributed by atoms with E-state index in [1.807, 2.05) is 13.8 Å². The van der Waals surface area contributed by atoms with E-state index in [1.54, 1.807) is 0 Å². The molecule has 27 heavy (non-hydrogen) atoms. The van der Waals surface area contributed by atoms with Crippen LogP contribution in [-0.4, -0.2) is 43.0 Å². The van der Waals surface area contributed by atoms with E-state index in [4.69, 9.17) is 14.2 Å². The van der Waals surface area contributed by atoms with Gasteiger partial charge in [0.1, 0.15) is 11.9 Å². The van der Waals surface area contributed by atoms with Crippen molar-refractivity contribution in [1.82, 2.24) is 5.32 Å². The number of alkyl carbamates (subject to hydrolysis) is 1. The lowest BCUT2D eigenvalue weighted by Crippen LogP contribution is -2.28. The van der Waals surface area contributed by atoms with Crippen LogP contribution in [0.4, 0.5) is 4.79 Å². The van der Waals surface area contributed by atoms with Crippen LogP contribution in [0.1, 0.15) is 90.9 Å². The van der Waals surface area contributed by atoms with Gasteiger partial charge in [-0.2, -0.15) is 0 Å². The Morgan fingerprint density at radius 3 is 2.19 bits per heavy atom. The lowest BCUT2D eigenvalue weighted by molar-refractivity contribution is -0.147. The number of amides is 1. The summed E-state index contributed by atoms with van der Waals surface area (Å²) in [7, 11) is 0. The Labute approximate surface area is 163 Å². The first-order valence-electron chi connectivity index (χ1n) is 10.8. The summed E-state index contributed by atoms with van der Waals surface area (Å²) in [5.41, 5.74) is 0. The van der Waals surface area contributed by atoms with Gasteiger partial charge in [0, 0.05) is 19.3 Å². The normalized spacial score (nSPS) is 24.0. The van der Waals surface area contributed by atoms with Crippen molar-refractivity contribution in [1.29, 1.82) is 0 Å². The zero-order chi connectivity index (χ0) is 19.5. The van der Waals surface area contributed by atoms with Gasteiger partial charge < -0.3 is 19.5 Å². The van der Waals surface area contributed by atoms with Gasteiger partial charge in [-0.05, 0) is 33.1 Å². The molecule has 0 unspecified atom stereocenters. The molecule has 0 aromatic carbocycles. The van der Waals surface area contributed by atoms with Gasteiger partial charge in [-0.3, -0.25) is 4.79 Å². The minimum Gasteiger partial charge on any atom is -0.444 e. The van der Waals surface area contributed by atoms with E-state index in [0.29, 0.717) is 19.3 Å². The fraction of sp³-hybridized carbons (Fsp3) is 0.905. The summed E-state index contributed by atoms with van der Waals surface area (Å²) in [4.78, 5) is 23.1. The minimum absolute atomic E-state index is 0.00590. The van der Waals surface area contributed by atoms with Crippen LogP contribution in [0.15, 0.2) is 0 Å². The van der Waals surface area contributed by atoms with Gasteiger partial charge in [0.25, 0.3) is 0 Å². The average Bonchev–Trinajstić information content (AvgIpc) is 3.20. The van der Waals surface area contributed by atoms with Crippen LogP contribution in [-0.2, 0) is 19.0 Å². The van der Waals surface area contributed by atoms with Crippen molar-refractivity contribution in [3.8, 4) is 0 Å². The van der Waals surface area contributed by atoms with Gasteiger partial charge in [-0.25, -0.2) is 4.79 Å². The number of ketones is 1. The van der Waals surface area contributed by atoms with Gasteiger partial charge in [0.15, 0.2) is 5.79 Å². The van der Waals surface area contributed by atoms with Gasteiger partial charge in [-0.1, -0.05) is 38.5 Å². The van der Waals surface area contributed by atoms with E-state index in [1.165, 1.54) is 32.1 Å². The molecule has 1 N–H and O–H groups in total. The molecule has 0 aliphatic carbocycles. The predicted octanol–water partition coefficient (Wildman–Crippen LogP) is 4.50. The molecule has 0 aromatic rings. The fourth-order valence-electron chi connectivity index (χ4n) is 3.82. The number of unbranched alkanes of at least 4 members (excludes halogenated alkanes) is 7. The quantitative estimate of drug-likeness (QED) is 0.447. The Bertz CT molecular complexity index is 461. The van der Waals surface area contributed by atoms with Crippen molar-refractivity contribution in [3.05, 3.63) is 0 Å². The van der Waals surface area contributed by atoms with E-state index >= 15 is 0 Å². The first kappa shape index (κ1) is 22.2. The number of ether oxygens (including phenoxy) is 3. The van der Waals surface area contributed by atoms with Crippen molar-refractivity contribution in [2.24, 2.45) is 0 Å². The third-order valence-corrected chi connectivity index (χ3v) is 5.60. The van der Waals surface area contributed by atoms with E-state index in [-0.39, 0.29) is 29.8 Å². The molecule has 6 heteroatoms. The third kappa shape index (κ3) is 8.60. The number of hydrogen-bond donors (Lipinski definition) is 1. The van der Waals surface area contributed by atoms with Crippen LogP contribution in [0.5, 0.6) is 0 Å². The van der Waals surface area contributed by atoms with Gasteiger partial charge in [0.2, 0.25) is 0 Å². The first-order valence-corrected chi connectivity index (χ1v) is 10.8. The minimum atomic E-state index is -0.366. The maximum Gasteiger partial charge on any atom is 0.407 e. The largest absolute Gasteiger partial charge is 0.444 e. The topological polar surface area (TPSA) is 73.9 Å². The van der Waals surface area contributed by atoms with Crippen LogP contribution in [0.3, 0.4) is 0 Å². The van der Waals surface area contributed by atoms with E-state index < -0.39 is 0 Å². The molecular weight excluding hydrogens is 346 g/mol. The predicted molar refractivity (Wildman–Crippen MR) is 104 cm³/mol. The van der Waals surface area contributed by atoms with Crippen LogP contribution < -0.4 is 5.32 Å². The summed E-state index contributed by atoms with van der Waals surface area (Å²) in [5, 5.41) is 2.71. The second-order valence-corrected chi connectivity index (χ2v) is 8.11. The molecule has 2 aliphatic heterocycles. The lowest BCUT2D eigenvalue weighted by Gasteiger charge is -2.21. The average molecular weight is 384 g/mol. The number of nitrogens with one attached hydrogen (secondary N) is 1. The van der Waals surface area contributed by atoms with Gasteiger partial charge in [-0.15, -0.1) is 0 Å². The Hall–Kier alpha value is -1.14. The third-order valence-electron chi connectivity index (χ3n) is 5.60. The van der Waals surface area contributed by atoms with Crippen molar-refractivity contribution in [2.45, 2.75) is 109 Å². The number of hydrogen-bond acceptors (Lipinski definition) is 5. The van der Waals surface area contributed by atoms with Crippen molar-refractivity contribution in [2.75, 3.05) is 13.2 Å². The molecule has 2 fully saturated rings. The smallest absolute Gasteiger partial charge is 0.407 e. The molecule has 6 nitrogen and oxygen atoms in total. The molecule has 2 aliphatic rings. The molecule has 1 amide bonds. The molecule has 0 aromatic heterocycles. The highest BCUT2D eigenvalue weighted by atomic mass is 16.7. The molecule has 0 saturated carbocycles. The zero-order valence-electron chi connectivity index (χ0n) is 17.1. The van der Waals surface area contributed by atoms with E-state index in [9.17, 15) is 9.59 Å². The van der Waals surface area contributed by atoms with Crippen LogP contribution in [0.2, 0.25) is 0 Å². The molecule has 0 bridgehead atoms. The van der Waals surface area contributed by atoms with Crippen LogP contribution in [0, 0.1) is 0 Å². The van der Waals surface area contributed by atoms with Gasteiger partial charge in [0.05, 0.1) is 19.3 Å². The van der Waals surface area contributed by atoms with Crippen molar-refractivity contribution in [3.63, 3.8) is 0 Å². The molecule has 0 radical (unpaired) electrons. The number of rotatable bonds is 14. The Kier molecular flexibility index (Phi) is 9.56. The number of carbonyl (C=O) groups excluding carboxylic acids is 2. The number of carbonyl (C=O) groups is 2. The lowest BCUT2D eigenvalue weighted by atomic mass is 10.0.